The van der Waals surface area contributed by atoms with E-state index in [0.717, 1.165) is 30.8 Å². The first-order chi connectivity index (χ1) is 11.7. The van der Waals surface area contributed by atoms with Gasteiger partial charge < -0.3 is 10.1 Å². The smallest absolute Gasteiger partial charge is 0.253 e. The van der Waals surface area contributed by atoms with Crippen LogP contribution < -0.4 is 5.32 Å². The largest absolute Gasteiger partial charge is 0.370 e. The van der Waals surface area contributed by atoms with Crippen LogP contribution in [0.2, 0.25) is 0 Å². The van der Waals surface area contributed by atoms with Crippen LogP contribution in [0.15, 0.2) is 18.3 Å². The van der Waals surface area contributed by atoms with Crippen LogP contribution in [-0.2, 0) is 4.74 Å². The Morgan fingerprint density at radius 1 is 1.42 bits per heavy atom. The molecule has 2 N–H and O–H groups in total. The van der Waals surface area contributed by atoms with Crippen molar-refractivity contribution in [2.45, 2.75) is 38.2 Å². The third-order valence-electron chi connectivity index (χ3n) is 4.66. The van der Waals surface area contributed by atoms with Gasteiger partial charge in [-0.3, -0.25) is 14.9 Å². The number of H-pyrrole nitrogens is 1. The summed E-state index contributed by atoms with van der Waals surface area (Å²) in [4.78, 5) is 21.3. The summed E-state index contributed by atoms with van der Waals surface area (Å²) < 4.78 is 5.77. The van der Waals surface area contributed by atoms with Crippen LogP contribution in [0.5, 0.6) is 0 Å². The number of aryl methyl sites for hydroxylation is 1. The van der Waals surface area contributed by atoms with Crippen molar-refractivity contribution in [2.24, 2.45) is 5.92 Å². The van der Waals surface area contributed by atoms with E-state index in [1.165, 1.54) is 0 Å². The number of carbonyl (C=O) groups excluding carboxylic acids is 1. The number of aromatic nitrogens is 4. The summed E-state index contributed by atoms with van der Waals surface area (Å²) in [6.45, 7) is 3.08. The molecule has 2 aliphatic rings. The SMILES string of the molecule is Cc1nc([C@H]2OCC[C@H]2CNC(=O)c2cccnc2C2CC2)n[nH]1. The number of ether oxygens (including phenoxy) is 1. The molecule has 1 saturated heterocycles. The van der Waals surface area contributed by atoms with Crippen molar-refractivity contribution in [2.75, 3.05) is 13.2 Å². The van der Waals surface area contributed by atoms with E-state index in [9.17, 15) is 4.79 Å². The lowest BCUT2D eigenvalue weighted by Crippen LogP contribution is -2.31. The van der Waals surface area contributed by atoms with Crippen molar-refractivity contribution in [3.8, 4) is 0 Å². The van der Waals surface area contributed by atoms with E-state index >= 15 is 0 Å². The first-order valence-electron chi connectivity index (χ1n) is 8.46. The van der Waals surface area contributed by atoms with Crippen LogP contribution in [0.4, 0.5) is 0 Å². The van der Waals surface area contributed by atoms with Crippen LogP contribution in [0, 0.1) is 12.8 Å². The Morgan fingerprint density at radius 2 is 2.29 bits per heavy atom. The predicted octanol–water partition coefficient (Wildman–Crippen LogP) is 1.89. The van der Waals surface area contributed by atoms with Gasteiger partial charge in [-0.05, 0) is 38.3 Å². The zero-order valence-corrected chi connectivity index (χ0v) is 13.7. The molecule has 0 aromatic carbocycles. The molecule has 0 spiro atoms. The van der Waals surface area contributed by atoms with Crippen LogP contribution >= 0.6 is 0 Å². The fourth-order valence-electron chi connectivity index (χ4n) is 3.23. The minimum Gasteiger partial charge on any atom is -0.370 e. The van der Waals surface area contributed by atoms with E-state index in [4.69, 9.17) is 4.74 Å². The van der Waals surface area contributed by atoms with E-state index in [1.54, 1.807) is 6.20 Å². The molecule has 2 atom stereocenters. The molecular weight excluding hydrogens is 306 g/mol. The molecule has 3 heterocycles. The summed E-state index contributed by atoms with van der Waals surface area (Å²) in [5.41, 5.74) is 1.63. The van der Waals surface area contributed by atoms with Gasteiger partial charge in [0.15, 0.2) is 5.82 Å². The van der Waals surface area contributed by atoms with Crippen molar-refractivity contribution in [3.05, 3.63) is 41.2 Å². The first kappa shape index (κ1) is 15.3. The molecule has 7 nitrogen and oxygen atoms in total. The maximum atomic E-state index is 12.6. The minimum absolute atomic E-state index is 0.0539. The average molecular weight is 327 g/mol. The Balaban J connectivity index is 1.42. The van der Waals surface area contributed by atoms with Gasteiger partial charge in [-0.15, -0.1) is 0 Å². The zero-order chi connectivity index (χ0) is 16.5. The molecular formula is C17H21N5O2. The average Bonchev–Trinajstić information content (AvgIpc) is 3.19. The zero-order valence-electron chi connectivity index (χ0n) is 13.7. The summed E-state index contributed by atoms with van der Waals surface area (Å²) in [7, 11) is 0. The van der Waals surface area contributed by atoms with Gasteiger partial charge in [0.05, 0.1) is 11.3 Å². The standard InChI is InChI=1S/C17H21N5O2/c1-10-20-16(22-21-10)15-12(6-8-24-15)9-19-17(23)13-3-2-7-18-14(13)11-4-5-11/h2-3,7,11-12,15H,4-6,8-9H2,1H3,(H,19,23)(H,20,21,22)/t12-,15-/m0/s1. The molecule has 1 aliphatic carbocycles. The van der Waals surface area contributed by atoms with Gasteiger partial charge in [-0.2, -0.15) is 5.10 Å². The Kier molecular flexibility index (Phi) is 4.02. The highest BCUT2D eigenvalue weighted by molar-refractivity contribution is 5.95. The molecule has 2 aromatic rings. The maximum absolute atomic E-state index is 12.6. The van der Waals surface area contributed by atoms with Crippen molar-refractivity contribution in [1.29, 1.82) is 0 Å². The molecule has 4 rings (SSSR count). The third-order valence-corrected chi connectivity index (χ3v) is 4.66. The van der Waals surface area contributed by atoms with E-state index in [1.807, 2.05) is 19.1 Å². The molecule has 0 unspecified atom stereocenters. The topological polar surface area (TPSA) is 92.8 Å². The van der Waals surface area contributed by atoms with Gasteiger partial charge in [-0.1, -0.05) is 0 Å². The van der Waals surface area contributed by atoms with Crippen LogP contribution in [-0.4, -0.2) is 39.2 Å². The number of nitrogens with one attached hydrogen (secondary N) is 2. The fraction of sp³-hybridized carbons (Fsp3) is 0.529. The van der Waals surface area contributed by atoms with Crippen LogP contribution in [0.25, 0.3) is 0 Å². The molecule has 1 saturated carbocycles. The molecule has 2 aromatic heterocycles. The lowest BCUT2D eigenvalue weighted by atomic mass is 10.0. The molecule has 0 radical (unpaired) electrons. The third kappa shape index (κ3) is 3.03. The van der Waals surface area contributed by atoms with Crippen molar-refractivity contribution < 1.29 is 9.53 Å². The van der Waals surface area contributed by atoms with Crippen molar-refractivity contribution >= 4 is 5.91 Å². The maximum Gasteiger partial charge on any atom is 0.253 e. The highest BCUT2D eigenvalue weighted by Crippen LogP contribution is 2.40. The number of amides is 1. The molecule has 0 bridgehead atoms. The quantitative estimate of drug-likeness (QED) is 0.875. The van der Waals surface area contributed by atoms with Crippen LogP contribution in [0.3, 0.4) is 0 Å². The van der Waals surface area contributed by atoms with Crippen molar-refractivity contribution in [1.82, 2.24) is 25.5 Å². The highest BCUT2D eigenvalue weighted by Gasteiger charge is 2.34. The molecule has 1 aliphatic heterocycles. The normalized spacial score (nSPS) is 23.4. The van der Waals surface area contributed by atoms with Gasteiger partial charge in [0.2, 0.25) is 0 Å². The highest BCUT2D eigenvalue weighted by atomic mass is 16.5. The molecule has 2 fully saturated rings. The number of pyridine rings is 1. The number of hydrogen-bond donors (Lipinski definition) is 2. The number of carbonyl (C=O) groups is 1. The monoisotopic (exact) mass is 327 g/mol. The Labute approximate surface area is 140 Å². The molecule has 126 valence electrons. The number of aromatic amines is 1. The van der Waals surface area contributed by atoms with E-state index in [-0.39, 0.29) is 17.9 Å². The van der Waals surface area contributed by atoms with Gasteiger partial charge in [0, 0.05) is 31.2 Å². The summed E-state index contributed by atoms with van der Waals surface area (Å²) in [5.74, 6) is 2.02. The van der Waals surface area contributed by atoms with Gasteiger partial charge in [0.1, 0.15) is 11.9 Å². The predicted molar refractivity (Wildman–Crippen MR) is 86.5 cm³/mol. The molecule has 24 heavy (non-hydrogen) atoms. The van der Waals surface area contributed by atoms with Crippen molar-refractivity contribution in [3.63, 3.8) is 0 Å². The second-order valence-corrected chi connectivity index (χ2v) is 6.54. The first-order valence-corrected chi connectivity index (χ1v) is 8.46. The second-order valence-electron chi connectivity index (χ2n) is 6.54. The summed E-state index contributed by atoms with van der Waals surface area (Å²) >= 11 is 0. The van der Waals surface area contributed by atoms with Gasteiger partial charge >= 0.3 is 0 Å². The Bertz CT molecular complexity index is 740. The minimum atomic E-state index is -0.160. The van der Waals surface area contributed by atoms with Gasteiger partial charge in [0.25, 0.3) is 5.91 Å². The summed E-state index contributed by atoms with van der Waals surface area (Å²) in [6.07, 6.45) is 4.74. The van der Waals surface area contributed by atoms with E-state index in [0.29, 0.717) is 30.5 Å². The number of rotatable bonds is 5. The summed E-state index contributed by atoms with van der Waals surface area (Å²) in [6, 6.07) is 3.68. The van der Waals surface area contributed by atoms with E-state index in [2.05, 4.69) is 25.5 Å². The van der Waals surface area contributed by atoms with Crippen LogP contribution in [0.1, 0.15) is 59.0 Å². The Hall–Kier alpha value is -2.28. The molecule has 1 amide bonds. The lowest BCUT2D eigenvalue weighted by Gasteiger charge is -2.17. The Morgan fingerprint density at radius 3 is 3.04 bits per heavy atom. The number of nitrogens with zero attached hydrogens (tertiary/aromatic N) is 3. The fourth-order valence-corrected chi connectivity index (χ4v) is 3.23. The number of hydrogen-bond acceptors (Lipinski definition) is 5. The lowest BCUT2D eigenvalue weighted by molar-refractivity contribution is 0.0798. The van der Waals surface area contributed by atoms with E-state index < -0.39 is 0 Å². The summed E-state index contributed by atoms with van der Waals surface area (Å²) in [5, 5.41) is 10.1. The van der Waals surface area contributed by atoms with Gasteiger partial charge in [-0.25, -0.2) is 4.98 Å². The second kappa shape index (κ2) is 6.32. The molecule has 7 heteroatoms.